The minimum absolute atomic E-state index is 0.0168. The van der Waals surface area contributed by atoms with Gasteiger partial charge in [0, 0.05) is 0 Å². The van der Waals surface area contributed by atoms with Crippen molar-refractivity contribution in [3.05, 3.63) is 23.4 Å². The van der Waals surface area contributed by atoms with E-state index >= 15 is 0 Å². The van der Waals surface area contributed by atoms with Gasteiger partial charge in [-0.3, -0.25) is 0 Å². The maximum Gasteiger partial charge on any atom is 0.295 e. The molecule has 0 aliphatic carbocycles. The van der Waals surface area contributed by atoms with Gasteiger partial charge in [-0.1, -0.05) is 0 Å². The number of allylic oxidation sites excluding steroid dienone is 1. The molecule has 0 aliphatic rings. The van der Waals surface area contributed by atoms with Crippen LogP contribution in [0.25, 0.3) is 4.85 Å². The third-order valence-corrected chi connectivity index (χ3v) is 0.597. The topological polar surface area (TPSA) is 37.4 Å². The summed E-state index contributed by atoms with van der Waals surface area (Å²) in [5, 5.41) is 8.14. The molecule has 46 valence electrons. The highest BCUT2D eigenvalue weighted by Gasteiger charge is 1.88. The predicted octanol–water partition coefficient (Wildman–Crippen LogP) is 1.31. The van der Waals surface area contributed by atoms with Gasteiger partial charge in [0.25, 0.3) is 5.70 Å². The Balaban J connectivity index is 3.85. The van der Waals surface area contributed by atoms with Gasteiger partial charge in [-0.2, -0.15) is 0 Å². The van der Waals surface area contributed by atoms with Gasteiger partial charge in [-0.05, 0) is 6.92 Å². The van der Waals surface area contributed by atoms with E-state index in [9.17, 15) is 0 Å². The Bertz CT molecular complexity index is 166. The second kappa shape index (κ2) is 4.67. The first-order valence-corrected chi connectivity index (χ1v) is 2.44. The van der Waals surface area contributed by atoms with E-state index in [1.807, 2.05) is 0 Å². The second-order valence-electron chi connectivity index (χ2n) is 1.18. The SMILES string of the molecule is [C-]#[N+]/C(C#N)=C\OCC. The lowest BCUT2D eigenvalue weighted by Crippen LogP contribution is -1.78. The average molecular weight is 122 g/mol. The van der Waals surface area contributed by atoms with E-state index in [0.717, 1.165) is 6.26 Å². The van der Waals surface area contributed by atoms with Crippen LogP contribution in [-0.4, -0.2) is 6.61 Å². The van der Waals surface area contributed by atoms with Gasteiger partial charge in [-0.25, -0.2) is 10.1 Å². The lowest BCUT2D eigenvalue weighted by atomic mass is 10.6. The lowest BCUT2D eigenvalue weighted by Gasteiger charge is -1.89. The van der Waals surface area contributed by atoms with E-state index < -0.39 is 0 Å². The minimum Gasteiger partial charge on any atom is -0.512 e. The van der Waals surface area contributed by atoms with Crippen LogP contribution < -0.4 is 0 Å². The van der Waals surface area contributed by atoms with Gasteiger partial charge in [0.05, 0.1) is 19.2 Å². The monoisotopic (exact) mass is 122 g/mol. The van der Waals surface area contributed by atoms with E-state index in [1.165, 1.54) is 0 Å². The van der Waals surface area contributed by atoms with Gasteiger partial charge >= 0.3 is 0 Å². The van der Waals surface area contributed by atoms with Crippen molar-refractivity contribution in [2.45, 2.75) is 6.92 Å². The molecular formula is C6H6N2O. The molecule has 0 atom stereocenters. The number of hydrogen-bond acceptors (Lipinski definition) is 2. The summed E-state index contributed by atoms with van der Waals surface area (Å²) in [5.74, 6) is 0. The Hall–Kier alpha value is -1.48. The first-order chi connectivity index (χ1) is 4.35. The fourth-order valence-corrected chi connectivity index (χ4v) is 0.240. The average Bonchev–Trinajstić information content (AvgIpc) is 1.91. The minimum atomic E-state index is -0.0168. The van der Waals surface area contributed by atoms with E-state index in [4.69, 9.17) is 11.8 Å². The normalized spacial score (nSPS) is 9.44. The molecule has 0 saturated carbocycles. The summed E-state index contributed by atoms with van der Waals surface area (Å²) in [4.78, 5) is 2.87. The molecule has 0 amide bonds. The smallest absolute Gasteiger partial charge is 0.295 e. The Morgan fingerprint density at radius 3 is 3.00 bits per heavy atom. The zero-order chi connectivity index (χ0) is 7.11. The molecular weight excluding hydrogens is 116 g/mol. The molecule has 0 aromatic carbocycles. The Morgan fingerprint density at radius 2 is 2.67 bits per heavy atom. The molecule has 0 bridgehead atoms. The molecule has 0 fully saturated rings. The van der Waals surface area contributed by atoms with Gasteiger partial charge in [0.15, 0.2) is 0 Å². The highest BCUT2D eigenvalue weighted by atomic mass is 16.5. The molecule has 0 N–H and O–H groups in total. The standard InChI is InChI=1S/C6H6N2O/c1-3-9-5-6(4-7)8-2/h5H,3H2,1H3/b6-5-. The van der Waals surface area contributed by atoms with Crippen molar-refractivity contribution >= 4 is 0 Å². The van der Waals surface area contributed by atoms with Crippen molar-refractivity contribution in [2.24, 2.45) is 0 Å². The molecule has 0 spiro atoms. The van der Waals surface area contributed by atoms with Crippen LogP contribution in [0.15, 0.2) is 12.0 Å². The first kappa shape index (κ1) is 7.52. The molecule has 0 saturated heterocycles. The van der Waals surface area contributed by atoms with Crippen molar-refractivity contribution in [1.29, 1.82) is 5.26 Å². The summed E-state index contributed by atoms with van der Waals surface area (Å²) in [6.07, 6.45) is 1.16. The molecule has 0 aromatic rings. The third kappa shape index (κ3) is 3.13. The quantitative estimate of drug-likeness (QED) is 0.314. The van der Waals surface area contributed by atoms with E-state index in [-0.39, 0.29) is 5.70 Å². The van der Waals surface area contributed by atoms with Crippen LogP contribution in [0, 0.1) is 17.9 Å². The highest BCUT2D eigenvalue weighted by Crippen LogP contribution is 1.92. The summed E-state index contributed by atoms with van der Waals surface area (Å²) < 4.78 is 4.68. The number of nitriles is 1. The molecule has 0 aromatic heterocycles. The largest absolute Gasteiger partial charge is 0.512 e. The summed E-state index contributed by atoms with van der Waals surface area (Å²) in [5.41, 5.74) is -0.0168. The molecule has 0 heterocycles. The van der Waals surface area contributed by atoms with Crippen molar-refractivity contribution in [3.63, 3.8) is 0 Å². The van der Waals surface area contributed by atoms with Gasteiger partial charge < -0.3 is 4.74 Å². The van der Waals surface area contributed by atoms with Crippen molar-refractivity contribution in [1.82, 2.24) is 0 Å². The molecule has 0 radical (unpaired) electrons. The first-order valence-electron chi connectivity index (χ1n) is 2.44. The number of nitrogens with zero attached hydrogens (tertiary/aromatic N) is 2. The summed E-state index contributed by atoms with van der Waals surface area (Å²) >= 11 is 0. The summed E-state index contributed by atoms with van der Waals surface area (Å²) in [7, 11) is 0. The number of ether oxygens (including phenoxy) is 1. The Kier molecular flexibility index (Phi) is 3.90. The number of hydrogen-bond donors (Lipinski definition) is 0. The molecule has 0 rings (SSSR count). The maximum absolute atomic E-state index is 8.14. The summed E-state index contributed by atoms with van der Waals surface area (Å²) in [6.45, 7) is 8.67. The molecule has 0 unspecified atom stereocenters. The fourth-order valence-electron chi connectivity index (χ4n) is 0.240. The lowest BCUT2D eigenvalue weighted by molar-refractivity contribution is 0.268. The Labute approximate surface area is 54.0 Å². The van der Waals surface area contributed by atoms with Crippen LogP contribution in [0.5, 0.6) is 0 Å². The predicted molar refractivity (Wildman–Crippen MR) is 31.9 cm³/mol. The van der Waals surface area contributed by atoms with Crippen LogP contribution >= 0.6 is 0 Å². The van der Waals surface area contributed by atoms with Gasteiger partial charge in [-0.15, -0.1) is 0 Å². The fraction of sp³-hybridized carbons (Fsp3) is 0.333. The highest BCUT2D eigenvalue weighted by molar-refractivity contribution is 5.24. The van der Waals surface area contributed by atoms with Gasteiger partial charge in [0.1, 0.15) is 6.26 Å². The van der Waals surface area contributed by atoms with Crippen molar-refractivity contribution in [3.8, 4) is 6.07 Å². The second-order valence-corrected chi connectivity index (χ2v) is 1.18. The maximum atomic E-state index is 8.14. The van der Waals surface area contributed by atoms with Crippen LogP contribution in [0.3, 0.4) is 0 Å². The van der Waals surface area contributed by atoms with Crippen LogP contribution in [-0.2, 0) is 4.74 Å². The van der Waals surface area contributed by atoms with E-state index in [1.54, 1.807) is 13.0 Å². The number of rotatable bonds is 2. The van der Waals surface area contributed by atoms with Crippen molar-refractivity contribution in [2.75, 3.05) is 6.61 Å². The zero-order valence-electron chi connectivity index (χ0n) is 5.09. The van der Waals surface area contributed by atoms with Crippen molar-refractivity contribution < 1.29 is 4.74 Å². The summed E-state index contributed by atoms with van der Waals surface area (Å²) in [6, 6.07) is 1.67. The molecule has 0 aliphatic heterocycles. The third-order valence-electron chi connectivity index (χ3n) is 0.597. The molecule has 3 nitrogen and oxygen atoms in total. The van der Waals surface area contributed by atoms with Crippen LogP contribution in [0.2, 0.25) is 0 Å². The molecule has 9 heavy (non-hydrogen) atoms. The molecule has 3 heteroatoms. The van der Waals surface area contributed by atoms with Gasteiger partial charge in [0.2, 0.25) is 0 Å². The zero-order valence-corrected chi connectivity index (χ0v) is 5.09. The van der Waals surface area contributed by atoms with E-state index in [0.29, 0.717) is 6.61 Å². The Morgan fingerprint density at radius 1 is 2.00 bits per heavy atom. The van der Waals surface area contributed by atoms with Crippen LogP contribution in [0.4, 0.5) is 0 Å². The van der Waals surface area contributed by atoms with E-state index in [2.05, 4.69) is 9.58 Å². The van der Waals surface area contributed by atoms with Crippen LogP contribution in [0.1, 0.15) is 6.92 Å².